The van der Waals surface area contributed by atoms with E-state index in [0.717, 1.165) is 31.0 Å². The molecule has 2 amide bonds. The fraction of sp³-hybridized carbons (Fsp3) is 0.636. The van der Waals surface area contributed by atoms with Crippen LogP contribution in [0.5, 0.6) is 5.75 Å². The van der Waals surface area contributed by atoms with Crippen molar-refractivity contribution in [3.05, 3.63) is 24.3 Å². The summed E-state index contributed by atoms with van der Waals surface area (Å²) >= 11 is 0. The molecule has 2 aliphatic heterocycles. The lowest BCUT2D eigenvalue weighted by Gasteiger charge is -2.32. The largest absolute Gasteiger partial charge is 0.479 e. The summed E-state index contributed by atoms with van der Waals surface area (Å²) < 4.78 is 5.63. The van der Waals surface area contributed by atoms with Crippen molar-refractivity contribution in [3.63, 3.8) is 0 Å². The molecule has 3 rings (SSSR count). The number of amides is 2. The monoisotopic (exact) mass is 387 g/mol. The Bertz CT molecular complexity index is 679. The highest BCUT2D eigenvalue weighted by atomic mass is 16.5. The van der Waals surface area contributed by atoms with Crippen LogP contribution >= 0.6 is 0 Å². The normalized spacial score (nSPS) is 22.5. The molecule has 0 aliphatic carbocycles. The zero-order valence-corrected chi connectivity index (χ0v) is 17.2. The second kappa shape index (κ2) is 9.92. The van der Waals surface area contributed by atoms with E-state index in [1.165, 1.54) is 25.9 Å². The van der Waals surface area contributed by atoms with Gasteiger partial charge in [0.2, 0.25) is 5.91 Å². The first-order chi connectivity index (χ1) is 13.5. The van der Waals surface area contributed by atoms with Crippen molar-refractivity contribution in [1.29, 1.82) is 0 Å². The van der Waals surface area contributed by atoms with E-state index >= 15 is 0 Å². The lowest BCUT2D eigenvalue weighted by molar-refractivity contribution is -0.125. The minimum absolute atomic E-state index is 0.00368. The maximum atomic E-state index is 12.4. The highest BCUT2D eigenvalue weighted by Gasteiger charge is 2.31. The number of piperidine rings is 1. The summed E-state index contributed by atoms with van der Waals surface area (Å²) in [5, 5.41) is 2.99. The lowest BCUT2D eigenvalue weighted by Crippen LogP contribution is -2.45. The minimum atomic E-state index is -0.518. The van der Waals surface area contributed by atoms with Crippen LogP contribution in [-0.4, -0.2) is 55.5 Å². The van der Waals surface area contributed by atoms with E-state index in [-0.39, 0.29) is 11.8 Å². The molecule has 1 N–H and O–H groups in total. The molecule has 2 atom stereocenters. The second-order valence-corrected chi connectivity index (χ2v) is 8.07. The minimum Gasteiger partial charge on any atom is -0.479 e. The zero-order valence-electron chi connectivity index (χ0n) is 17.2. The first kappa shape index (κ1) is 20.6. The summed E-state index contributed by atoms with van der Waals surface area (Å²) in [6.07, 6.45) is 4.54. The van der Waals surface area contributed by atoms with E-state index in [9.17, 15) is 9.59 Å². The van der Waals surface area contributed by atoms with E-state index in [2.05, 4.69) is 17.1 Å². The summed E-state index contributed by atoms with van der Waals surface area (Å²) in [4.78, 5) is 28.8. The molecule has 0 bridgehead atoms. The van der Waals surface area contributed by atoms with Gasteiger partial charge in [-0.05, 0) is 63.7 Å². The molecule has 0 aromatic heterocycles. The molecule has 6 heteroatoms. The Hall–Kier alpha value is -2.08. The number of hydrogen-bond donors (Lipinski definition) is 1. The molecule has 0 saturated carbocycles. The van der Waals surface area contributed by atoms with Crippen LogP contribution in [0.1, 0.15) is 46.0 Å². The fourth-order valence-electron chi connectivity index (χ4n) is 4.07. The maximum Gasteiger partial charge on any atom is 0.267 e. The Morgan fingerprint density at radius 1 is 1.21 bits per heavy atom. The van der Waals surface area contributed by atoms with Crippen LogP contribution in [-0.2, 0) is 9.59 Å². The average Bonchev–Trinajstić information content (AvgIpc) is 2.68. The van der Waals surface area contributed by atoms with Gasteiger partial charge in [-0.25, -0.2) is 0 Å². The topological polar surface area (TPSA) is 61.9 Å². The summed E-state index contributed by atoms with van der Waals surface area (Å²) in [7, 11) is 0. The van der Waals surface area contributed by atoms with Crippen molar-refractivity contribution in [2.24, 2.45) is 5.92 Å². The third-order valence-electron chi connectivity index (χ3n) is 5.60. The van der Waals surface area contributed by atoms with Crippen LogP contribution in [0.3, 0.4) is 0 Å². The molecule has 28 heavy (non-hydrogen) atoms. The van der Waals surface area contributed by atoms with Crippen molar-refractivity contribution in [2.45, 2.75) is 52.1 Å². The highest BCUT2D eigenvalue weighted by molar-refractivity contribution is 6.00. The van der Waals surface area contributed by atoms with Gasteiger partial charge in [0.1, 0.15) is 5.75 Å². The predicted octanol–water partition coefficient (Wildman–Crippen LogP) is 2.82. The Labute approximate surface area is 168 Å². The SMILES string of the molecule is CC1CCCN(CCCCNC(=O)CCN2C(=O)C(C)Oc3ccccc32)C1. The fourth-order valence-corrected chi connectivity index (χ4v) is 4.07. The van der Waals surface area contributed by atoms with Crippen LogP contribution < -0.4 is 15.0 Å². The summed E-state index contributed by atoms with van der Waals surface area (Å²) in [5.74, 6) is 1.41. The summed E-state index contributed by atoms with van der Waals surface area (Å²) in [5.41, 5.74) is 0.745. The Kier molecular flexibility index (Phi) is 7.31. The predicted molar refractivity (Wildman–Crippen MR) is 111 cm³/mol. The molecule has 2 aliphatic rings. The number of unbranched alkanes of at least 4 members (excludes halogenated alkanes) is 1. The molecule has 0 radical (unpaired) electrons. The van der Waals surface area contributed by atoms with Gasteiger partial charge < -0.3 is 19.9 Å². The van der Waals surface area contributed by atoms with Gasteiger partial charge in [-0.3, -0.25) is 9.59 Å². The summed E-state index contributed by atoms with van der Waals surface area (Å²) in [6, 6.07) is 7.48. The van der Waals surface area contributed by atoms with Gasteiger partial charge in [-0.2, -0.15) is 0 Å². The number of fused-ring (bicyclic) bond motifs is 1. The number of para-hydroxylation sites is 2. The first-order valence-corrected chi connectivity index (χ1v) is 10.6. The van der Waals surface area contributed by atoms with Gasteiger partial charge in [0.25, 0.3) is 5.91 Å². The van der Waals surface area contributed by atoms with E-state index in [0.29, 0.717) is 25.3 Å². The third-order valence-corrected chi connectivity index (χ3v) is 5.60. The number of nitrogens with zero attached hydrogens (tertiary/aromatic N) is 2. The van der Waals surface area contributed by atoms with Gasteiger partial charge >= 0.3 is 0 Å². The molecular formula is C22H33N3O3. The number of ether oxygens (including phenoxy) is 1. The van der Waals surface area contributed by atoms with E-state index in [1.54, 1.807) is 11.8 Å². The molecule has 2 heterocycles. The van der Waals surface area contributed by atoms with E-state index in [1.807, 2.05) is 24.3 Å². The van der Waals surface area contributed by atoms with Crippen molar-refractivity contribution in [1.82, 2.24) is 10.2 Å². The molecule has 0 spiro atoms. The van der Waals surface area contributed by atoms with Gasteiger partial charge in [0.05, 0.1) is 5.69 Å². The van der Waals surface area contributed by atoms with Crippen LogP contribution in [0.15, 0.2) is 24.3 Å². The molecular weight excluding hydrogens is 354 g/mol. The number of rotatable bonds is 8. The van der Waals surface area contributed by atoms with E-state index in [4.69, 9.17) is 4.74 Å². The lowest BCUT2D eigenvalue weighted by atomic mass is 10.0. The molecule has 6 nitrogen and oxygen atoms in total. The van der Waals surface area contributed by atoms with Crippen LogP contribution in [0.4, 0.5) is 5.69 Å². The number of hydrogen-bond acceptors (Lipinski definition) is 4. The zero-order chi connectivity index (χ0) is 19.9. The van der Waals surface area contributed by atoms with Crippen LogP contribution in [0, 0.1) is 5.92 Å². The molecule has 1 saturated heterocycles. The number of nitrogens with one attached hydrogen (secondary N) is 1. The first-order valence-electron chi connectivity index (χ1n) is 10.6. The third kappa shape index (κ3) is 5.47. The van der Waals surface area contributed by atoms with Crippen molar-refractivity contribution in [2.75, 3.05) is 37.6 Å². The standard InChI is InChI=1S/C22H33N3O3/c1-17-8-7-14-24(16-17)13-6-5-12-23-21(26)11-15-25-19-9-3-4-10-20(19)28-18(2)22(25)27/h3-4,9-10,17-18H,5-8,11-16H2,1-2H3,(H,23,26). The smallest absolute Gasteiger partial charge is 0.267 e. The number of carbonyl (C=O) groups excluding carboxylic acids is 2. The van der Waals surface area contributed by atoms with Crippen molar-refractivity contribution >= 4 is 17.5 Å². The number of likely N-dealkylation sites (tertiary alicyclic amines) is 1. The van der Waals surface area contributed by atoms with Crippen molar-refractivity contribution in [3.8, 4) is 5.75 Å². The molecule has 1 aromatic rings. The Morgan fingerprint density at radius 2 is 2.04 bits per heavy atom. The van der Waals surface area contributed by atoms with Crippen LogP contribution in [0.2, 0.25) is 0 Å². The number of anilines is 1. The van der Waals surface area contributed by atoms with Gasteiger partial charge in [-0.1, -0.05) is 19.1 Å². The molecule has 1 fully saturated rings. The van der Waals surface area contributed by atoms with E-state index < -0.39 is 6.10 Å². The Morgan fingerprint density at radius 3 is 2.86 bits per heavy atom. The van der Waals surface area contributed by atoms with Gasteiger partial charge in [0.15, 0.2) is 6.10 Å². The maximum absolute atomic E-state index is 12.4. The second-order valence-electron chi connectivity index (χ2n) is 8.07. The van der Waals surface area contributed by atoms with Crippen LogP contribution in [0.25, 0.3) is 0 Å². The Balaban J connectivity index is 1.36. The molecule has 1 aromatic carbocycles. The van der Waals surface area contributed by atoms with Gasteiger partial charge in [-0.15, -0.1) is 0 Å². The number of carbonyl (C=O) groups is 2. The summed E-state index contributed by atoms with van der Waals surface area (Å²) in [6.45, 7) is 8.69. The number of benzene rings is 1. The molecule has 2 unspecified atom stereocenters. The van der Waals surface area contributed by atoms with Gasteiger partial charge in [0, 0.05) is 26.1 Å². The average molecular weight is 388 g/mol. The highest BCUT2D eigenvalue weighted by Crippen LogP contribution is 2.33. The quantitative estimate of drug-likeness (QED) is 0.697. The molecule has 154 valence electrons. The van der Waals surface area contributed by atoms with Crippen molar-refractivity contribution < 1.29 is 14.3 Å².